The fraction of sp³-hybridized carbons (Fsp3) is 0.625. The van der Waals surface area contributed by atoms with Gasteiger partial charge in [0, 0.05) is 18.8 Å². The monoisotopic (exact) mass is 248 g/mol. The molecule has 0 bridgehead atoms. The average molecular weight is 248 g/mol. The third kappa shape index (κ3) is 6.65. The highest BCUT2D eigenvalue weighted by molar-refractivity contribution is 5.42. The van der Waals surface area contributed by atoms with Gasteiger partial charge in [0.25, 0.3) is 0 Å². The Morgan fingerprint density at radius 3 is 2.50 bits per heavy atom. The third-order valence-electron chi connectivity index (χ3n) is 3.38. The minimum atomic E-state index is 0.849. The van der Waals surface area contributed by atoms with E-state index in [-0.39, 0.29) is 0 Å². The molecule has 102 valence electrons. The Balaban J connectivity index is 2.03. The summed E-state index contributed by atoms with van der Waals surface area (Å²) in [4.78, 5) is 0. The van der Waals surface area contributed by atoms with Crippen LogP contribution >= 0.6 is 0 Å². The van der Waals surface area contributed by atoms with Crippen LogP contribution in [-0.2, 0) is 0 Å². The van der Waals surface area contributed by atoms with Crippen LogP contribution in [0.1, 0.15) is 39.5 Å². The van der Waals surface area contributed by atoms with Crippen LogP contribution in [0, 0.1) is 5.92 Å². The molecule has 18 heavy (non-hydrogen) atoms. The van der Waals surface area contributed by atoms with Crippen LogP contribution in [0.25, 0.3) is 0 Å². The predicted octanol–water partition coefficient (Wildman–Crippen LogP) is 3.90. The Labute approximate surface area is 112 Å². The zero-order chi connectivity index (χ0) is 13.1. The Morgan fingerprint density at radius 1 is 1.06 bits per heavy atom. The Hall–Kier alpha value is -1.02. The predicted molar refractivity (Wildman–Crippen MR) is 81.1 cm³/mol. The molecule has 2 N–H and O–H groups in total. The molecule has 0 saturated carbocycles. The van der Waals surface area contributed by atoms with Crippen molar-refractivity contribution in [2.24, 2.45) is 5.92 Å². The zero-order valence-corrected chi connectivity index (χ0v) is 11.9. The minimum absolute atomic E-state index is 0.849. The van der Waals surface area contributed by atoms with E-state index in [4.69, 9.17) is 0 Å². The number of anilines is 1. The Bertz CT molecular complexity index is 284. The van der Waals surface area contributed by atoms with E-state index in [1.807, 2.05) is 6.07 Å². The molecule has 0 saturated heterocycles. The number of hydrogen-bond acceptors (Lipinski definition) is 2. The van der Waals surface area contributed by atoms with Crippen LogP contribution in [0.2, 0.25) is 0 Å². The van der Waals surface area contributed by atoms with Crippen molar-refractivity contribution >= 4 is 5.69 Å². The van der Waals surface area contributed by atoms with Gasteiger partial charge in [-0.15, -0.1) is 0 Å². The number of rotatable bonds is 10. The van der Waals surface area contributed by atoms with E-state index in [1.54, 1.807) is 0 Å². The molecule has 0 aromatic heterocycles. The molecular formula is C16H28N2. The molecule has 1 aromatic carbocycles. The van der Waals surface area contributed by atoms with Crippen molar-refractivity contribution in [1.82, 2.24) is 5.32 Å². The summed E-state index contributed by atoms with van der Waals surface area (Å²) >= 11 is 0. The van der Waals surface area contributed by atoms with Gasteiger partial charge in [0.05, 0.1) is 0 Å². The van der Waals surface area contributed by atoms with Crippen molar-refractivity contribution in [3.8, 4) is 0 Å². The number of benzene rings is 1. The lowest BCUT2D eigenvalue weighted by molar-refractivity contribution is 0.423. The maximum absolute atomic E-state index is 3.55. The molecule has 1 atom stereocenters. The average Bonchev–Trinajstić information content (AvgIpc) is 2.43. The molecule has 0 spiro atoms. The van der Waals surface area contributed by atoms with Crippen molar-refractivity contribution in [2.75, 3.05) is 25.0 Å². The lowest BCUT2D eigenvalue weighted by atomic mass is 9.99. The summed E-state index contributed by atoms with van der Waals surface area (Å²) in [5.74, 6) is 0.849. The van der Waals surface area contributed by atoms with Crippen molar-refractivity contribution in [2.45, 2.75) is 39.5 Å². The van der Waals surface area contributed by atoms with E-state index < -0.39 is 0 Å². The highest BCUT2D eigenvalue weighted by Gasteiger charge is 2.04. The van der Waals surface area contributed by atoms with Gasteiger partial charge in [-0.25, -0.2) is 0 Å². The summed E-state index contributed by atoms with van der Waals surface area (Å²) in [6.07, 6.45) is 5.33. The maximum Gasteiger partial charge on any atom is 0.0340 e. The first kappa shape index (κ1) is 15.0. The highest BCUT2D eigenvalue weighted by atomic mass is 14.9. The topological polar surface area (TPSA) is 24.1 Å². The highest BCUT2D eigenvalue weighted by Crippen LogP contribution is 2.11. The standard InChI is InChI=1S/C16H28N2/c1-3-5-9-15(4-2)14-17-12-13-18-16-10-7-6-8-11-16/h6-8,10-11,15,17-18H,3-5,9,12-14H2,1-2H3. The molecule has 0 radical (unpaired) electrons. The van der Waals surface area contributed by atoms with E-state index in [1.165, 1.54) is 31.4 Å². The molecule has 0 heterocycles. The van der Waals surface area contributed by atoms with Gasteiger partial charge < -0.3 is 10.6 Å². The zero-order valence-electron chi connectivity index (χ0n) is 11.9. The fourth-order valence-electron chi connectivity index (χ4n) is 2.10. The summed E-state index contributed by atoms with van der Waals surface area (Å²) in [6, 6.07) is 10.4. The second-order valence-electron chi connectivity index (χ2n) is 4.91. The smallest absolute Gasteiger partial charge is 0.0340 e. The van der Waals surface area contributed by atoms with Crippen LogP contribution in [0.4, 0.5) is 5.69 Å². The van der Waals surface area contributed by atoms with Crippen LogP contribution in [0.15, 0.2) is 30.3 Å². The van der Waals surface area contributed by atoms with Crippen molar-refractivity contribution in [3.63, 3.8) is 0 Å². The first-order chi connectivity index (χ1) is 8.86. The summed E-state index contributed by atoms with van der Waals surface area (Å²) in [7, 11) is 0. The van der Waals surface area contributed by atoms with Gasteiger partial charge in [0.15, 0.2) is 0 Å². The molecule has 0 aliphatic carbocycles. The summed E-state index contributed by atoms with van der Waals surface area (Å²) in [6.45, 7) is 7.76. The molecule has 1 rings (SSSR count). The number of unbranched alkanes of at least 4 members (excludes halogenated alkanes) is 1. The van der Waals surface area contributed by atoms with Crippen molar-refractivity contribution in [3.05, 3.63) is 30.3 Å². The lowest BCUT2D eigenvalue weighted by Crippen LogP contribution is -2.27. The fourth-order valence-corrected chi connectivity index (χ4v) is 2.10. The lowest BCUT2D eigenvalue weighted by Gasteiger charge is -2.15. The summed E-state index contributed by atoms with van der Waals surface area (Å²) < 4.78 is 0. The van der Waals surface area contributed by atoms with Gasteiger partial charge in [-0.1, -0.05) is 51.3 Å². The molecule has 0 aliphatic rings. The quantitative estimate of drug-likeness (QED) is 0.614. The van der Waals surface area contributed by atoms with Crippen LogP contribution in [-0.4, -0.2) is 19.6 Å². The van der Waals surface area contributed by atoms with E-state index in [9.17, 15) is 0 Å². The number of para-hydroxylation sites is 1. The van der Waals surface area contributed by atoms with E-state index in [0.29, 0.717) is 0 Å². The SMILES string of the molecule is CCCCC(CC)CNCCNc1ccccc1. The maximum atomic E-state index is 3.55. The van der Waals surface area contributed by atoms with E-state index >= 15 is 0 Å². The number of hydrogen-bond donors (Lipinski definition) is 2. The molecule has 0 amide bonds. The first-order valence-electron chi connectivity index (χ1n) is 7.36. The van der Waals surface area contributed by atoms with Crippen LogP contribution in [0.5, 0.6) is 0 Å². The largest absolute Gasteiger partial charge is 0.384 e. The third-order valence-corrected chi connectivity index (χ3v) is 3.38. The van der Waals surface area contributed by atoms with Gasteiger partial charge in [0.2, 0.25) is 0 Å². The summed E-state index contributed by atoms with van der Waals surface area (Å²) in [5, 5.41) is 6.97. The minimum Gasteiger partial charge on any atom is -0.384 e. The first-order valence-corrected chi connectivity index (χ1v) is 7.36. The van der Waals surface area contributed by atoms with E-state index in [0.717, 1.165) is 25.6 Å². The Morgan fingerprint density at radius 2 is 1.83 bits per heavy atom. The second kappa shape index (κ2) is 9.95. The molecule has 1 aromatic rings. The van der Waals surface area contributed by atoms with Gasteiger partial charge in [0.1, 0.15) is 0 Å². The van der Waals surface area contributed by atoms with Gasteiger partial charge in [-0.05, 0) is 31.0 Å². The van der Waals surface area contributed by atoms with Gasteiger partial charge >= 0.3 is 0 Å². The van der Waals surface area contributed by atoms with Crippen molar-refractivity contribution < 1.29 is 0 Å². The van der Waals surface area contributed by atoms with E-state index in [2.05, 4.69) is 48.7 Å². The van der Waals surface area contributed by atoms with Gasteiger partial charge in [-0.3, -0.25) is 0 Å². The normalized spacial score (nSPS) is 12.3. The van der Waals surface area contributed by atoms with Gasteiger partial charge in [-0.2, -0.15) is 0 Å². The molecule has 0 fully saturated rings. The second-order valence-corrected chi connectivity index (χ2v) is 4.91. The van der Waals surface area contributed by atoms with Crippen LogP contribution < -0.4 is 10.6 Å². The van der Waals surface area contributed by atoms with Crippen LogP contribution in [0.3, 0.4) is 0 Å². The number of nitrogens with one attached hydrogen (secondary N) is 2. The summed E-state index contributed by atoms with van der Waals surface area (Å²) in [5.41, 5.74) is 1.21. The molecular weight excluding hydrogens is 220 g/mol. The molecule has 1 unspecified atom stereocenters. The Kier molecular flexibility index (Phi) is 8.32. The van der Waals surface area contributed by atoms with Crippen molar-refractivity contribution in [1.29, 1.82) is 0 Å². The molecule has 0 aliphatic heterocycles. The molecule has 2 nitrogen and oxygen atoms in total. The molecule has 2 heteroatoms.